The number of hydrogen-bond donors (Lipinski definition) is 1. The van der Waals surface area contributed by atoms with Crippen molar-refractivity contribution < 1.29 is 9.47 Å². The van der Waals surface area contributed by atoms with Gasteiger partial charge in [0, 0.05) is 38.4 Å². The van der Waals surface area contributed by atoms with Crippen LogP contribution in [0.4, 0.5) is 0 Å². The molecule has 0 saturated carbocycles. The Bertz CT molecular complexity index is 394. The zero-order valence-corrected chi connectivity index (χ0v) is 13.2. The molecule has 1 aromatic rings. The molecule has 0 bridgehead atoms. The second-order valence-electron chi connectivity index (χ2n) is 5.17. The van der Waals surface area contributed by atoms with E-state index in [0.29, 0.717) is 6.61 Å². The molecule has 0 spiro atoms. The van der Waals surface area contributed by atoms with E-state index in [4.69, 9.17) is 15.2 Å². The van der Waals surface area contributed by atoms with E-state index in [9.17, 15) is 0 Å². The summed E-state index contributed by atoms with van der Waals surface area (Å²) < 4.78 is 10.8. The molecule has 2 N–H and O–H groups in total. The maximum atomic E-state index is 5.96. The lowest BCUT2D eigenvalue weighted by Crippen LogP contribution is -2.21. The quantitative estimate of drug-likeness (QED) is 0.706. The molecule has 0 aliphatic heterocycles. The van der Waals surface area contributed by atoms with Gasteiger partial charge in [0.25, 0.3) is 0 Å². The molecule has 1 atom stereocenters. The molecule has 0 heterocycles. The Morgan fingerprint density at radius 3 is 2.70 bits per heavy atom. The number of ether oxygens (including phenoxy) is 2. The molecule has 4 nitrogen and oxygen atoms in total. The van der Waals surface area contributed by atoms with E-state index in [1.807, 2.05) is 26.0 Å². The maximum Gasteiger partial charge on any atom is 0.123 e. The Morgan fingerprint density at radius 2 is 2.10 bits per heavy atom. The summed E-state index contributed by atoms with van der Waals surface area (Å²) in [5, 5.41) is 0. The second-order valence-corrected chi connectivity index (χ2v) is 5.17. The molecule has 0 aliphatic carbocycles. The van der Waals surface area contributed by atoms with Gasteiger partial charge in [-0.05, 0) is 45.0 Å². The van der Waals surface area contributed by atoms with Gasteiger partial charge in [-0.3, -0.25) is 0 Å². The zero-order valence-electron chi connectivity index (χ0n) is 13.2. The van der Waals surface area contributed by atoms with Crippen molar-refractivity contribution in [2.24, 2.45) is 5.73 Å². The van der Waals surface area contributed by atoms with Crippen LogP contribution < -0.4 is 10.5 Å². The Labute approximate surface area is 122 Å². The van der Waals surface area contributed by atoms with E-state index in [2.05, 4.69) is 18.0 Å². The van der Waals surface area contributed by atoms with Crippen molar-refractivity contribution in [3.63, 3.8) is 0 Å². The molecule has 0 aliphatic rings. The smallest absolute Gasteiger partial charge is 0.123 e. The van der Waals surface area contributed by atoms with Crippen LogP contribution in [0.2, 0.25) is 0 Å². The van der Waals surface area contributed by atoms with Gasteiger partial charge in [-0.15, -0.1) is 0 Å². The van der Waals surface area contributed by atoms with Gasteiger partial charge in [0.2, 0.25) is 0 Å². The Balaban J connectivity index is 2.75. The summed E-state index contributed by atoms with van der Waals surface area (Å²) in [6.07, 6.45) is 1.03. The van der Waals surface area contributed by atoms with E-state index in [1.165, 1.54) is 5.56 Å². The van der Waals surface area contributed by atoms with Gasteiger partial charge in [-0.25, -0.2) is 0 Å². The topological polar surface area (TPSA) is 47.7 Å². The molecule has 1 unspecified atom stereocenters. The predicted molar refractivity (Wildman–Crippen MR) is 83.0 cm³/mol. The highest BCUT2D eigenvalue weighted by molar-refractivity contribution is 5.38. The normalized spacial score (nSPS) is 12.7. The number of rotatable bonds is 9. The summed E-state index contributed by atoms with van der Waals surface area (Å²) in [5.41, 5.74) is 8.31. The van der Waals surface area contributed by atoms with Crippen molar-refractivity contribution in [2.75, 3.05) is 33.9 Å². The van der Waals surface area contributed by atoms with Crippen LogP contribution in [0.1, 0.15) is 37.4 Å². The second kappa shape index (κ2) is 8.95. The van der Waals surface area contributed by atoms with E-state index < -0.39 is 0 Å². The van der Waals surface area contributed by atoms with Crippen LogP contribution in [-0.4, -0.2) is 38.8 Å². The summed E-state index contributed by atoms with van der Waals surface area (Å²) in [6.45, 7) is 7.34. The first-order valence-electron chi connectivity index (χ1n) is 7.27. The highest BCUT2D eigenvalue weighted by Crippen LogP contribution is 2.24. The molecule has 0 radical (unpaired) electrons. The molecule has 4 heteroatoms. The number of nitrogens with zero attached hydrogens (tertiary/aromatic N) is 1. The Hall–Kier alpha value is -1.10. The molecule has 1 rings (SSSR count). The molecule has 0 saturated heterocycles. The van der Waals surface area contributed by atoms with Crippen molar-refractivity contribution in [1.82, 2.24) is 4.90 Å². The van der Waals surface area contributed by atoms with Crippen molar-refractivity contribution in [3.8, 4) is 5.75 Å². The number of hydrogen-bond acceptors (Lipinski definition) is 4. The maximum absolute atomic E-state index is 5.96. The molecule has 1 aromatic carbocycles. The third kappa shape index (κ3) is 5.49. The third-order valence-electron chi connectivity index (χ3n) is 3.24. The minimum absolute atomic E-state index is 0.0447. The van der Waals surface area contributed by atoms with Gasteiger partial charge in [-0.2, -0.15) is 0 Å². The SMILES string of the molecule is CCOc1ccc(C(C)N)cc1CN(C)CCCOC. The summed E-state index contributed by atoms with van der Waals surface area (Å²) in [4.78, 5) is 2.28. The number of methoxy groups -OCH3 is 1. The van der Waals surface area contributed by atoms with Gasteiger partial charge >= 0.3 is 0 Å². The van der Waals surface area contributed by atoms with Crippen LogP contribution in [-0.2, 0) is 11.3 Å². The van der Waals surface area contributed by atoms with Crippen LogP contribution >= 0.6 is 0 Å². The fraction of sp³-hybridized carbons (Fsp3) is 0.625. The average molecular weight is 280 g/mol. The standard InChI is InChI=1S/C16H28N2O2/c1-5-20-16-8-7-14(13(2)17)11-15(16)12-18(3)9-6-10-19-4/h7-8,11,13H,5-6,9-10,12,17H2,1-4H3. The van der Waals surface area contributed by atoms with Crippen LogP contribution in [0.3, 0.4) is 0 Å². The summed E-state index contributed by atoms with van der Waals surface area (Å²) in [7, 11) is 3.85. The third-order valence-corrected chi connectivity index (χ3v) is 3.24. The molecule has 0 amide bonds. The minimum Gasteiger partial charge on any atom is -0.494 e. The Kier molecular flexibility index (Phi) is 7.59. The van der Waals surface area contributed by atoms with E-state index >= 15 is 0 Å². The minimum atomic E-state index is 0.0447. The number of nitrogens with two attached hydrogens (primary N) is 1. The Morgan fingerprint density at radius 1 is 1.35 bits per heavy atom. The molecule has 114 valence electrons. The first-order valence-corrected chi connectivity index (χ1v) is 7.27. The summed E-state index contributed by atoms with van der Waals surface area (Å²) >= 11 is 0. The van der Waals surface area contributed by atoms with E-state index in [-0.39, 0.29) is 6.04 Å². The van der Waals surface area contributed by atoms with Crippen molar-refractivity contribution >= 4 is 0 Å². The number of benzene rings is 1. The first-order chi connectivity index (χ1) is 9.58. The lowest BCUT2D eigenvalue weighted by Gasteiger charge is -2.20. The average Bonchev–Trinajstić information content (AvgIpc) is 2.41. The summed E-state index contributed by atoms with van der Waals surface area (Å²) in [5.74, 6) is 0.954. The monoisotopic (exact) mass is 280 g/mol. The predicted octanol–water partition coefficient (Wildman–Crippen LogP) is 2.57. The lowest BCUT2D eigenvalue weighted by atomic mass is 10.0. The van der Waals surface area contributed by atoms with Gasteiger partial charge in [0.05, 0.1) is 6.61 Å². The highest BCUT2D eigenvalue weighted by atomic mass is 16.5. The molecule has 20 heavy (non-hydrogen) atoms. The highest BCUT2D eigenvalue weighted by Gasteiger charge is 2.10. The van der Waals surface area contributed by atoms with Gasteiger partial charge in [-0.1, -0.05) is 6.07 Å². The van der Waals surface area contributed by atoms with E-state index in [1.54, 1.807) is 7.11 Å². The molecule has 0 fully saturated rings. The molecule has 0 aromatic heterocycles. The fourth-order valence-electron chi connectivity index (χ4n) is 2.15. The first kappa shape index (κ1) is 17.0. The zero-order chi connectivity index (χ0) is 15.0. The lowest BCUT2D eigenvalue weighted by molar-refractivity contribution is 0.177. The van der Waals surface area contributed by atoms with E-state index in [0.717, 1.165) is 37.4 Å². The van der Waals surface area contributed by atoms with Crippen molar-refractivity contribution in [3.05, 3.63) is 29.3 Å². The van der Waals surface area contributed by atoms with Crippen LogP contribution in [0.15, 0.2) is 18.2 Å². The van der Waals surface area contributed by atoms with Crippen LogP contribution in [0, 0.1) is 0 Å². The van der Waals surface area contributed by atoms with Gasteiger partial charge < -0.3 is 20.1 Å². The van der Waals surface area contributed by atoms with Crippen LogP contribution in [0.5, 0.6) is 5.75 Å². The van der Waals surface area contributed by atoms with Crippen molar-refractivity contribution in [1.29, 1.82) is 0 Å². The van der Waals surface area contributed by atoms with Gasteiger partial charge in [0.1, 0.15) is 5.75 Å². The van der Waals surface area contributed by atoms with Crippen LogP contribution in [0.25, 0.3) is 0 Å². The van der Waals surface area contributed by atoms with Crippen molar-refractivity contribution in [2.45, 2.75) is 32.9 Å². The fourth-order valence-corrected chi connectivity index (χ4v) is 2.15. The molecular weight excluding hydrogens is 252 g/mol. The largest absolute Gasteiger partial charge is 0.494 e. The molecular formula is C16H28N2O2. The van der Waals surface area contributed by atoms with Gasteiger partial charge in [0.15, 0.2) is 0 Å². The summed E-state index contributed by atoms with van der Waals surface area (Å²) in [6, 6.07) is 6.27.